The number of aromatic nitrogens is 5. The molecule has 0 bridgehead atoms. The molecule has 0 saturated heterocycles. The summed E-state index contributed by atoms with van der Waals surface area (Å²) in [6, 6.07) is -1.02. The van der Waals surface area contributed by atoms with Gasteiger partial charge in [-0.15, -0.1) is 5.10 Å². The van der Waals surface area contributed by atoms with Gasteiger partial charge in [-0.3, -0.25) is 4.79 Å². The fraction of sp³-hybridized carbons (Fsp3) is 0.300. The summed E-state index contributed by atoms with van der Waals surface area (Å²) in [5.74, 6) is -1.56. The second-order valence-corrected chi connectivity index (χ2v) is 3.84. The number of aromatic amines is 1. The number of hydrogen-bond acceptors (Lipinski definition) is 5. The first-order valence-electron chi connectivity index (χ1n) is 5.48. The van der Waals surface area contributed by atoms with E-state index in [0.29, 0.717) is 5.69 Å². The Labute approximate surface area is 107 Å². The highest BCUT2D eigenvalue weighted by atomic mass is 16.4. The summed E-state index contributed by atoms with van der Waals surface area (Å²) in [5.41, 5.74) is 0.633. The number of aliphatic carboxylic acids is 1. The molecular formula is C10H12N6O3. The molecule has 2 aromatic rings. The lowest BCUT2D eigenvalue weighted by atomic mass is 10.1. The van der Waals surface area contributed by atoms with Gasteiger partial charge in [0, 0.05) is 24.5 Å². The van der Waals surface area contributed by atoms with Crippen LogP contribution in [0.1, 0.15) is 5.69 Å². The van der Waals surface area contributed by atoms with E-state index in [0.717, 1.165) is 0 Å². The molecule has 9 heteroatoms. The van der Waals surface area contributed by atoms with Crippen molar-refractivity contribution >= 4 is 11.9 Å². The molecule has 9 nitrogen and oxygen atoms in total. The van der Waals surface area contributed by atoms with E-state index in [1.165, 1.54) is 29.6 Å². The van der Waals surface area contributed by atoms with Crippen molar-refractivity contribution in [3.05, 3.63) is 30.6 Å². The van der Waals surface area contributed by atoms with Crippen molar-refractivity contribution in [2.45, 2.75) is 19.0 Å². The van der Waals surface area contributed by atoms with Gasteiger partial charge in [0.05, 0.1) is 12.5 Å². The number of carbonyl (C=O) groups excluding carboxylic acids is 1. The van der Waals surface area contributed by atoms with Gasteiger partial charge in [-0.1, -0.05) is 5.21 Å². The average Bonchev–Trinajstić information content (AvgIpc) is 3.00. The Bertz CT molecular complexity index is 536. The van der Waals surface area contributed by atoms with Crippen molar-refractivity contribution in [2.24, 2.45) is 0 Å². The fourth-order valence-electron chi connectivity index (χ4n) is 1.52. The first-order chi connectivity index (χ1) is 9.15. The summed E-state index contributed by atoms with van der Waals surface area (Å²) < 4.78 is 1.31. The van der Waals surface area contributed by atoms with E-state index in [2.05, 4.69) is 25.6 Å². The van der Waals surface area contributed by atoms with E-state index in [9.17, 15) is 9.59 Å². The van der Waals surface area contributed by atoms with Gasteiger partial charge in [0.2, 0.25) is 5.91 Å². The first kappa shape index (κ1) is 12.7. The Balaban J connectivity index is 1.93. The largest absolute Gasteiger partial charge is 0.480 e. The molecule has 0 spiro atoms. The van der Waals surface area contributed by atoms with Crippen molar-refractivity contribution in [1.29, 1.82) is 0 Å². The average molecular weight is 264 g/mol. The second kappa shape index (κ2) is 5.76. The van der Waals surface area contributed by atoms with Crippen LogP contribution < -0.4 is 5.32 Å². The predicted molar refractivity (Wildman–Crippen MR) is 61.9 cm³/mol. The van der Waals surface area contributed by atoms with E-state index in [4.69, 9.17) is 5.11 Å². The third kappa shape index (κ3) is 3.63. The second-order valence-electron chi connectivity index (χ2n) is 3.84. The molecule has 0 aliphatic carbocycles. The number of carboxylic acids is 1. The number of rotatable bonds is 6. The van der Waals surface area contributed by atoms with Gasteiger partial charge in [-0.25, -0.2) is 14.5 Å². The summed E-state index contributed by atoms with van der Waals surface area (Å²) >= 11 is 0. The van der Waals surface area contributed by atoms with E-state index < -0.39 is 17.9 Å². The molecule has 2 rings (SSSR count). The Hall–Kier alpha value is -2.71. The molecule has 2 heterocycles. The highest BCUT2D eigenvalue weighted by Gasteiger charge is 2.21. The minimum absolute atomic E-state index is 0.0766. The minimum atomic E-state index is -1.11. The fourth-order valence-corrected chi connectivity index (χ4v) is 1.52. The first-order valence-corrected chi connectivity index (χ1v) is 5.48. The number of amides is 1. The molecule has 0 aliphatic heterocycles. The number of carbonyl (C=O) groups is 2. The Morgan fingerprint density at radius 2 is 2.37 bits per heavy atom. The molecule has 100 valence electrons. The normalized spacial score (nSPS) is 12.0. The van der Waals surface area contributed by atoms with Gasteiger partial charge in [-0.2, -0.15) is 0 Å². The molecule has 1 amide bonds. The highest BCUT2D eigenvalue weighted by molar-refractivity contribution is 5.83. The maximum atomic E-state index is 11.7. The van der Waals surface area contributed by atoms with Gasteiger partial charge in [0.1, 0.15) is 12.6 Å². The molecule has 19 heavy (non-hydrogen) atoms. The Kier molecular flexibility index (Phi) is 3.86. The Morgan fingerprint density at radius 1 is 1.53 bits per heavy atom. The molecule has 3 N–H and O–H groups in total. The zero-order valence-corrected chi connectivity index (χ0v) is 9.85. The highest BCUT2D eigenvalue weighted by Crippen LogP contribution is 1.99. The number of nitrogens with one attached hydrogen (secondary N) is 2. The Morgan fingerprint density at radius 3 is 2.95 bits per heavy atom. The van der Waals surface area contributed by atoms with Gasteiger partial charge >= 0.3 is 5.97 Å². The summed E-state index contributed by atoms with van der Waals surface area (Å²) in [6.07, 6.45) is 6.06. The lowest BCUT2D eigenvalue weighted by Crippen LogP contribution is -2.43. The molecule has 0 aromatic carbocycles. The van der Waals surface area contributed by atoms with E-state index >= 15 is 0 Å². The van der Waals surface area contributed by atoms with Gasteiger partial charge in [0.25, 0.3) is 0 Å². The zero-order chi connectivity index (χ0) is 13.7. The molecule has 0 saturated carbocycles. The number of imidazole rings is 1. The van der Waals surface area contributed by atoms with Crippen LogP contribution in [-0.2, 0) is 22.6 Å². The topological polar surface area (TPSA) is 126 Å². The van der Waals surface area contributed by atoms with Gasteiger partial charge in [-0.05, 0) is 0 Å². The summed E-state index contributed by atoms with van der Waals surface area (Å²) in [5, 5.41) is 18.7. The SMILES string of the molecule is O=C(Cn1ccnn1)N[C@@H](Cc1cnc[nH]1)C(=O)O. The van der Waals surface area contributed by atoms with Gasteiger partial charge in [0.15, 0.2) is 0 Å². The number of carboxylic acid groups (broad SMARTS) is 1. The third-order valence-corrected chi connectivity index (χ3v) is 2.39. The van der Waals surface area contributed by atoms with Crippen LogP contribution in [0.15, 0.2) is 24.9 Å². The van der Waals surface area contributed by atoms with Crippen molar-refractivity contribution in [3.8, 4) is 0 Å². The van der Waals surface area contributed by atoms with Crippen molar-refractivity contribution in [3.63, 3.8) is 0 Å². The lowest BCUT2D eigenvalue weighted by molar-refractivity contribution is -0.141. The standard InChI is InChI=1S/C10H12N6O3/c17-9(5-16-2-1-13-15-16)14-8(10(18)19)3-7-4-11-6-12-7/h1-2,4,6,8H,3,5H2,(H,11,12)(H,14,17)(H,18,19)/t8-/m0/s1. The van der Waals surface area contributed by atoms with Gasteiger partial charge < -0.3 is 15.4 Å². The number of nitrogens with zero attached hydrogens (tertiary/aromatic N) is 4. The van der Waals surface area contributed by atoms with E-state index in [1.54, 1.807) is 0 Å². The van der Waals surface area contributed by atoms with Crippen molar-refractivity contribution in [1.82, 2.24) is 30.3 Å². The van der Waals surface area contributed by atoms with Crippen LogP contribution in [0.2, 0.25) is 0 Å². The zero-order valence-electron chi connectivity index (χ0n) is 9.85. The van der Waals surface area contributed by atoms with E-state index in [1.807, 2.05) is 0 Å². The monoisotopic (exact) mass is 264 g/mol. The maximum Gasteiger partial charge on any atom is 0.326 e. The number of H-pyrrole nitrogens is 1. The lowest BCUT2D eigenvalue weighted by Gasteiger charge is -2.13. The summed E-state index contributed by atoms with van der Waals surface area (Å²) in [6.45, 7) is -0.0766. The predicted octanol–water partition coefficient (Wildman–Crippen LogP) is -1.19. The van der Waals surface area contributed by atoms with Crippen molar-refractivity contribution < 1.29 is 14.7 Å². The van der Waals surface area contributed by atoms with Crippen LogP contribution in [0.3, 0.4) is 0 Å². The molecule has 0 unspecified atom stereocenters. The van der Waals surface area contributed by atoms with Crippen LogP contribution in [0, 0.1) is 0 Å². The third-order valence-electron chi connectivity index (χ3n) is 2.39. The van der Waals surface area contributed by atoms with Crippen LogP contribution in [0.4, 0.5) is 0 Å². The van der Waals surface area contributed by atoms with Crippen LogP contribution in [0.25, 0.3) is 0 Å². The van der Waals surface area contributed by atoms with Crippen LogP contribution in [-0.4, -0.2) is 48.0 Å². The van der Waals surface area contributed by atoms with E-state index in [-0.39, 0.29) is 13.0 Å². The molecule has 0 fully saturated rings. The smallest absolute Gasteiger partial charge is 0.326 e. The minimum Gasteiger partial charge on any atom is -0.480 e. The molecule has 0 aliphatic rings. The summed E-state index contributed by atoms with van der Waals surface area (Å²) in [7, 11) is 0. The summed E-state index contributed by atoms with van der Waals surface area (Å²) in [4.78, 5) is 29.3. The molecular weight excluding hydrogens is 252 g/mol. The maximum absolute atomic E-state index is 11.7. The number of hydrogen-bond donors (Lipinski definition) is 3. The van der Waals surface area contributed by atoms with Crippen LogP contribution >= 0.6 is 0 Å². The quantitative estimate of drug-likeness (QED) is 0.602. The van der Waals surface area contributed by atoms with Crippen LogP contribution in [0.5, 0.6) is 0 Å². The van der Waals surface area contributed by atoms with Crippen molar-refractivity contribution in [2.75, 3.05) is 0 Å². The molecule has 1 atom stereocenters. The molecule has 2 aromatic heterocycles. The molecule has 0 radical (unpaired) electrons.